The maximum absolute atomic E-state index is 12.5. The van der Waals surface area contributed by atoms with Gasteiger partial charge in [-0.05, 0) is 46.7 Å². The molecule has 0 saturated carbocycles. The number of hydrogen-bond donors (Lipinski definition) is 2. The first-order valence-electron chi connectivity index (χ1n) is 10.9. The highest BCUT2D eigenvalue weighted by atomic mass is 16.5. The second kappa shape index (κ2) is 9.83. The van der Waals surface area contributed by atoms with Crippen LogP contribution in [0.4, 0.5) is 0 Å². The van der Waals surface area contributed by atoms with Crippen molar-refractivity contribution in [3.63, 3.8) is 0 Å². The fourth-order valence-electron chi connectivity index (χ4n) is 3.63. The molecule has 1 heterocycles. The van der Waals surface area contributed by atoms with Gasteiger partial charge in [-0.15, -0.1) is 0 Å². The number of nitrogens with zero attached hydrogens (tertiary/aromatic N) is 2. The van der Waals surface area contributed by atoms with Gasteiger partial charge in [-0.3, -0.25) is 9.89 Å². The topological polar surface area (TPSA) is 79.4 Å². The van der Waals surface area contributed by atoms with Crippen molar-refractivity contribution in [2.24, 2.45) is 5.10 Å². The highest BCUT2D eigenvalue weighted by Gasteiger charge is 2.11. The van der Waals surface area contributed by atoms with Gasteiger partial charge >= 0.3 is 0 Å². The van der Waals surface area contributed by atoms with E-state index in [1.54, 1.807) is 12.3 Å². The first-order valence-corrected chi connectivity index (χ1v) is 10.9. The van der Waals surface area contributed by atoms with Gasteiger partial charge in [-0.25, -0.2) is 5.43 Å². The quantitative estimate of drug-likeness (QED) is 0.253. The summed E-state index contributed by atoms with van der Waals surface area (Å²) in [5.74, 6) is 0.405. The summed E-state index contributed by atoms with van der Waals surface area (Å²) in [6, 6.07) is 33.3. The number of nitrogens with one attached hydrogen (secondary N) is 2. The van der Waals surface area contributed by atoms with E-state index in [-0.39, 0.29) is 5.91 Å². The van der Waals surface area contributed by atoms with Crippen LogP contribution in [-0.4, -0.2) is 22.3 Å². The van der Waals surface area contributed by atoms with Gasteiger partial charge in [0.2, 0.25) is 0 Å². The predicted molar refractivity (Wildman–Crippen MR) is 134 cm³/mol. The van der Waals surface area contributed by atoms with E-state index >= 15 is 0 Å². The van der Waals surface area contributed by atoms with Gasteiger partial charge < -0.3 is 4.74 Å². The lowest BCUT2D eigenvalue weighted by Crippen LogP contribution is -2.18. The number of hydrogen-bond acceptors (Lipinski definition) is 4. The van der Waals surface area contributed by atoms with Gasteiger partial charge in [0, 0.05) is 11.1 Å². The Balaban J connectivity index is 1.21. The van der Waals surface area contributed by atoms with Gasteiger partial charge in [-0.2, -0.15) is 10.2 Å². The van der Waals surface area contributed by atoms with Crippen LogP contribution in [-0.2, 0) is 6.61 Å². The maximum atomic E-state index is 12.5. The van der Waals surface area contributed by atoms with Crippen molar-refractivity contribution in [2.45, 2.75) is 6.61 Å². The smallest absolute Gasteiger partial charge is 0.289 e. The summed E-state index contributed by atoms with van der Waals surface area (Å²) in [6.45, 7) is 0.506. The third-order valence-corrected chi connectivity index (χ3v) is 5.41. The highest BCUT2D eigenvalue weighted by Crippen LogP contribution is 2.22. The van der Waals surface area contributed by atoms with Crippen molar-refractivity contribution in [1.82, 2.24) is 15.6 Å². The molecular formula is C28H22N4O2. The van der Waals surface area contributed by atoms with Crippen LogP contribution in [0.5, 0.6) is 5.75 Å². The van der Waals surface area contributed by atoms with Crippen molar-refractivity contribution in [2.75, 3.05) is 0 Å². The monoisotopic (exact) mass is 446 g/mol. The fraction of sp³-hybridized carbons (Fsp3) is 0.0357. The average molecular weight is 447 g/mol. The van der Waals surface area contributed by atoms with Crippen molar-refractivity contribution in [3.05, 3.63) is 120 Å². The summed E-state index contributed by atoms with van der Waals surface area (Å²) in [4.78, 5) is 12.5. The van der Waals surface area contributed by atoms with E-state index in [0.717, 1.165) is 33.2 Å². The van der Waals surface area contributed by atoms with Crippen LogP contribution in [0.25, 0.3) is 22.0 Å². The Hall–Kier alpha value is -4.71. The number of rotatable bonds is 7. The van der Waals surface area contributed by atoms with Gasteiger partial charge in [0.05, 0.1) is 11.9 Å². The van der Waals surface area contributed by atoms with E-state index in [9.17, 15) is 4.79 Å². The first kappa shape index (κ1) is 21.2. The molecule has 166 valence electrons. The van der Waals surface area contributed by atoms with Gasteiger partial charge in [0.25, 0.3) is 5.91 Å². The molecule has 0 aliphatic carbocycles. The largest absolute Gasteiger partial charge is 0.489 e. The Labute approximate surface area is 196 Å². The van der Waals surface area contributed by atoms with E-state index in [1.165, 1.54) is 0 Å². The van der Waals surface area contributed by atoms with Crippen molar-refractivity contribution in [1.29, 1.82) is 0 Å². The number of carbonyl (C=O) groups excluding carboxylic acids is 1. The number of benzene rings is 4. The maximum Gasteiger partial charge on any atom is 0.289 e. The second-order valence-corrected chi connectivity index (χ2v) is 7.73. The Morgan fingerprint density at radius 1 is 0.912 bits per heavy atom. The third kappa shape index (κ3) is 4.86. The summed E-state index contributed by atoms with van der Waals surface area (Å²) in [5.41, 5.74) is 6.46. The van der Waals surface area contributed by atoms with Gasteiger partial charge in [0.15, 0.2) is 0 Å². The van der Waals surface area contributed by atoms with E-state index in [1.807, 2.05) is 97.1 Å². The predicted octanol–water partition coefficient (Wildman–Crippen LogP) is 5.57. The zero-order valence-electron chi connectivity index (χ0n) is 18.3. The Morgan fingerprint density at radius 3 is 2.53 bits per heavy atom. The number of aromatic amines is 1. The normalized spacial score (nSPS) is 11.1. The molecule has 0 bridgehead atoms. The fourth-order valence-corrected chi connectivity index (χ4v) is 3.63. The molecule has 0 aliphatic rings. The molecule has 0 unspecified atom stereocenters. The zero-order chi connectivity index (χ0) is 23.2. The summed E-state index contributed by atoms with van der Waals surface area (Å²) in [7, 11) is 0. The number of carbonyl (C=O) groups is 1. The first-order chi connectivity index (χ1) is 16.8. The molecule has 6 nitrogen and oxygen atoms in total. The lowest BCUT2D eigenvalue weighted by Gasteiger charge is -2.06. The van der Waals surface area contributed by atoms with Crippen LogP contribution in [0.1, 0.15) is 21.6 Å². The molecule has 5 rings (SSSR count). The molecule has 0 fully saturated rings. The summed E-state index contributed by atoms with van der Waals surface area (Å²) in [5, 5.41) is 13.3. The molecule has 0 spiro atoms. The molecule has 0 radical (unpaired) electrons. The molecule has 1 aromatic heterocycles. The molecule has 0 aliphatic heterocycles. The van der Waals surface area contributed by atoms with Crippen molar-refractivity contribution in [3.8, 4) is 17.0 Å². The van der Waals surface area contributed by atoms with Gasteiger partial charge in [0.1, 0.15) is 18.1 Å². The SMILES string of the molecule is O=C(N/N=C/c1cccc2ccccc12)c1cc(-c2ccc(OCc3ccccc3)cc2)n[nH]1. The standard InChI is InChI=1S/C28H22N4O2/c33-28(32-29-18-23-11-6-10-21-9-4-5-12-25(21)23)27-17-26(30-31-27)22-13-15-24(16-14-22)34-19-20-7-2-1-3-8-20/h1-18H,19H2,(H,30,31)(H,32,33)/b29-18+. The van der Waals surface area contributed by atoms with E-state index in [4.69, 9.17) is 4.74 Å². The van der Waals surface area contributed by atoms with Crippen LogP contribution < -0.4 is 10.2 Å². The Morgan fingerprint density at radius 2 is 1.68 bits per heavy atom. The third-order valence-electron chi connectivity index (χ3n) is 5.41. The van der Waals surface area contributed by atoms with Crippen LogP contribution in [0, 0.1) is 0 Å². The molecule has 2 N–H and O–H groups in total. The summed E-state index contributed by atoms with van der Waals surface area (Å²) >= 11 is 0. The van der Waals surface area contributed by atoms with Crippen molar-refractivity contribution >= 4 is 22.9 Å². The molecular weight excluding hydrogens is 424 g/mol. The summed E-state index contributed by atoms with van der Waals surface area (Å²) < 4.78 is 5.83. The minimum Gasteiger partial charge on any atom is -0.489 e. The molecule has 5 aromatic rings. The van der Waals surface area contributed by atoms with Gasteiger partial charge in [-0.1, -0.05) is 72.8 Å². The zero-order valence-corrected chi connectivity index (χ0v) is 18.3. The number of fused-ring (bicyclic) bond motifs is 1. The van der Waals surface area contributed by atoms with Crippen LogP contribution >= 0.6 is 0 Å². The number of hydrazone groups is 1. The summed E-state index contributed by atoms with van der Waals surface area (Å²) in [6.07, 6.45) is 1.64. The van der Waals surface area contributed by atoms with Crippen LogP contribution in [0.15, 0.2) is 108 Å². The number of aromatic nitrogens is 2. The minimum absolute atomic E-state index is 0.328. The molecule has 6 heteroatoms. The molecule has 4 aromatic carbocycles. The Bertz CT molecular complexity index is 1440. The molecule has 0 atom stereocenters. The number of H-pyrrole nitrogens is 1. The lowest BCUT2D eigenvalue weighted by molar-refractivity contribution is 0.0950. The van der Waals surface area contributed by atoms with E-state index in [2.05, 4.69) is 20.7 Å². The van der Waals surface area contributed by atoms with Crippen LogP contribution in [0.3, 0.4) is 0 Å². The lowest BCUT2D eigenvalue weighted by atomic mass is 10.1. The molecule has 34 heavy (non-hydrogen) atoms. The highest BCUT2D eigenvalue weighted by molar-refractivity contribution is 6.00. The second-order valence-electron chi connectivity index (χ2n) is 7.73. The number of amides is 1. The Kier molecular flexibility index (Phi) is 6.12. The van der Waals surface area contributed by atoms with E-state index < -0.39 is 0 Å². The molecule has 0 saturated heterocycles. The number of ether oxygens (including phenoxy) is 1. The van der Waals surface area contributed by atoms with Crippen LogP contribution in [0.2, 0.25) is 0 Å². The minimum atomic E-state index is -0.363. The van der Waals surface area contributed by atoms with Crippen molar-refractivity contribution < 1.29 is 9.53 Å². The molecule has 1 amide bonds. The van der Waals surface area contributed by atoms with E-state index in [0.29, 0.717) is 18.0 Å². The average Bonchev–Trinajstić information content (AvgIpc) is 3.39.